The number of nitrogens with zero attached hydrogens (tertiary/aromatic N) is 3. The van der Waals surface area contributed by atoms with Crippen LogP contribution in [0.2, 0.25) is 0 Å². The Morgan fingerprint density at radius 2 is 2.19 bits per heavy atom. The Morgan fingerprint density at radius 1 is 1.44 bits per heavy atom. The molecule has 2 rings (SSSR count). The molecule has 0 spiro atoms. The Bertz CT molecular complexity index is 343. The first-order chi connectivity index (χ1) is 7.70. The van der Waals surface area contributed by atoms with Gasteiger partial charge in [-0.15, -0.1) is 0 Å². The molecule has 0 amide bonds. The molecule has 0 radical (unpaired) electrons. The van der Waals surface area contributed by atoms with Gasteiger partial charge in [-0.3, -0.25) is 0 Å². The molecule has 1 heterocycles. The van der Waals surface area contributed by atoms with Crippen LogP contribution < -0.4 is 15.4 Å². The largest absolute Gasteiger partial charge is 0.476 e. The molecule has 0 bridgehead atoms. The number of rotatable bonds is 5. The van der Waals surface area contributed by atoms with E-state index in [4.69, 9.17) is 10.5 Å². The van der Waals surface area contributed by atoms with Crippen molar-refractivity contribution in [2.24, 2.45) is 5.73 Å². The summed E-state index contributed by atoms with van der Waals surface area (Å²) in [6.07, 6.45) is 2.38. The number of anilines is 1. The van der Waals surface area contributed by atoms with Crippen LogP contribution in [-0.2, 0) is 0 Å². The van der Waals surface area contributed by atoms with Gasteiger partial charge in [0.05, 0.1) is 0 Å². The SMILES string of the molecule is CN(C)c1cc(OCCN)nc(C2CC2)n1. The van der Waals surface area contributed by atoms with Crippen LogP contribution in [0.1, 0.15) is 24.6 Å². The lowest BCUT2D eigenvalue weighted by molar-refractivity contribution is 0.314. The summed E-state index contributed by atoms with van der Waals surface area (Å²) < 4.78 is 5.46. The third-order valence-corrected chi connectivity index (χ3v) is 2.47. The predicted molar refractivity (Wildman–Crippen MR) is 62.9 cm³/mol. The summed E-state index contributed by atoms with van der Waals surface area (Å²) in [5.74, 6) is 2.95. The summed E-state index contributed by atoms with van der Waals surface area (Å²) in [7, 11) is 3.93. The van der Waals surface area contributed by atoms with Crippen molar-refractivity contribution in [3.8, 4) is 5.88 Å². The molecule has 16 heavy (non-hydrogen) atoms. The van der Waals surface area contributed by atoms with Gasteiger partial charge in [0.25, 0.3) is 0 Å². The molecule has 0 aromatic carbocycles. The van der Waals surface area contributed by atoms with Crippen LogP contribution in [0.25, 0.3) is 0 Å². The van der Waals surface area contributed by atoms with E-state index in [1.54, 1.807) is 0 Å². The van der Waals surface area contributed by atoms with Crippen LogP contribution in [0.4, 0.5) is 5.82 Å². The molecule has 1 aliphatic carbocycles. The maximum atomic E-state index is 5.46. The van der Waals surface area contributed by atoms with Crippen LogP contribution in [0.15, 0.2) is 6.07 Å². The van der Waals surface area contributed by atoms with Crippen LogP contribution in [-0.4, -0.2) is 37.2 Å². The lowest BCUT2D eigenvalue weighted by Crippen LogP contribution is -2.15. The minimum absolute atomic E-state index is 0.494. The maximum Gasteiger partial charge on any atom is 0.218 e. The quantitative estimate of drug-likeness (QED) is 0.796. The summed E-state index contributed by atoms with van der Waals surface area (Å²) in [6.45, 7) is 0.994. The lowest BCUT2D eigenvalue weighted by Gasteiger charge is -2.14. The van der Waals surface area contributed by atoms with Gasteiger partial charge in [-0.2, -0.15) is 4.98 Å². The minimum atomic E-state index is 0.494. The average molecular weight is 222 g/mol. The van der Waals surface area contributed by atoms with Gasteiger partial charge < -0.3 is 15.4 Å². The zero-order valence-electron chi connectivity index (χ0n) is 9.81. The monoisotopic (exact) mass is 222 g/mol. The highest BCUT2D eigenvalue weighted by atomic mass is 16.5. The van der Waals surface area contributed by atoms with Gasteiger partial charge in [0.15, 0.2) is 0 Å². The van der Waals surface area contributed by atoms with E-state index in [-0.39, 0.29) is 0 Å². The smallest absolute Gasteiger partial charge is 0.218 e. The Morgan fingerprint density at radius 3 is 2.75 bits per heavy atom. The van der Waals surface area contributed by atoms with Crippen molar-refractivity contribution in [2.45, 2.75) is 18.8 Å². The Balaban J connectivity index is 2.21. The molecule has 2 N–H and O–H groups in total. The van der Waals surface area contributed by atoms with E-state index in [1.807, 2.05) is 25.1 Å². The highest BCUT2D eigenvalue weighted by Gasteiger charge is 2.27. The van der Waals surface area contributed by atoms with E-state index >= 15 is 0 Å². The zero-order chi connectivity index (χ0) is 11.5. The molecule has 5 heteroatoms. The lowest BCUT2D eigenvalue weighted by atomic mass is 10.4. The molecule has 0 unspecified atom stereocenters. The van der Waals surface area contributed by atoms with Gasteiger partial charge in [-0.05, 0) is 12.8 Å². The first-order valence-corrected chi connectivity index (χ1v) is 5.60. The molecule has 1 aliphatic rings. The fourth-order valence-electron chi connectivity index (χ4n) is 1.42. The molecule has 0 atom stereocenters. The van der Waals surface area contributed by atoms with Crippen molar-refractivity contribution < 1.29 is 4.74 Å². The van der Waals surface area contributed by atoms with E-state index in [0.29, 0.717) is 24.9 Å². The number of nitrogens with two attached hydrogens (primary N) is 1. The van der Waals surface area contributed by atoms with Crippen LogP contribution in [0.5, 0.6) is 5.88 Å². The van der Waals surface area contributed by atoms with E-state index in [9.17, 15) is 0 Å². The van der Waals surface area contributed by atoms with Crippen molar-refractivity contribution in [1.29, 1.82) is 0 Å². The fourth-order valence-corrected chi connectivity index (χ4v) is 1.42. The maximum absolute atomic E-state index is 5.46. The second-order valence-corrected chi connectivity index (χ2v) is 4.23. The standard InChI is InChI=1S/C11H18N4O/c1-15(2)9-7-10(16-6-5-12)14-11(13-9)8-3-4-8/h7-8H,3-6,12H2,1-2H3. The minimum Gasteiger partial charge on any atom is -0.476 e. The second kappa shape index (κ2) is 4.65. The summed E-state index contributed by atoms with van der Waals surface area (Å²) in [5, 5.41) is 0. The Hall–Kier alpha value is -1.36. The van der Waals surface area contributed by atoms with Crippen molar-refractivity contribution >= 4 is 5.82 Å². The van der Waals surface area contributed by atoms with Gasteiger partial charge >= 0.3 is 0 Å². The summed E-state index contributed by atoms with van der Waals surface area (Å²) >= 11 is 0. The number of ether oxygens (including phenoxy) is 1. The first-order valence-electron chi connectivity index (χ1n) is 5.60. The van der Waals surface area contributed by atoms with E-state index < -0.39 is 0 Å². The molecule has 1 fully saturated rings. The molecule has 0 saturated heterocycles. The molecule has 1 aromatic heterocycles. The summed E-state index contributed by atoms with van der Waals surface area (Å²) in [6, 6.07) is 1.85. The Labute approximate surface area is 95.6 Å². The predicted octanol–water partition coefficient (Wildman–Crippen LogP) is 0.757. The van der Waals surface area contributed by atoms with E-state index in [2.05, 4.69) is 9.97 Å². The molecule has 88 valence electrons. The number of aromatic nitrogens is 2. The molecule has 0 aliphatic heterocycles. The van der Waals surface area contributed by atoms with Crippen molar-refractivity contribution in [3.63, 3.8) is 0 Å². The third kappa shape index (κ3) is 2.61. The van der Waals surface area contributed by atoms with Gasteiger partial charge in [0, 0.05) is 32.6 Å². The third-order valence-electron chi connectivity index (χ3n) is 2.47. The molecular weight excluding hydrogens is 204 g/mol. The van der Waals surface area contributed by atoms with Crippen molar-refractivity contribution in [3.05, 3.63) is 11.9 Å². The average Bonchev–Trinajstić information content (AvgIpc) is 3.09. The van der Waals surface area contributed by atoms with Crippen LogP contribution in [0, 0.1) is 0 Å². The van der Waals surface area contributed by atoms with Gasteiger partial charge in [-0.25, -0.2) is 4.98 Å². The number of hydrogen-bond donors (Lipinski definition) is 1. The Kier molecular flexibility index (Phi) is 3.24. The van der Waals surface area contributed by atoms with Crippen molar-refractivity contribution in [1.82, 2.24) is 9.97 Å². The summed E-state index contributed by atoms with van der Waals surface area (Å²) in [5.41, 5.74) is 5.41. The molecular formula is C11H18N4O. The first kappa shape index (κ1) is 11.1. The van der Waals surface area contributed by atoms with E-state index in [0.717, 1.165) is 11.6 Å². The topological polar surface area (TPSA) is 64.3 Å². The molecule has 1 aromatic rings. The highest BCUT2D eigenvalue weighted by molar-refractivity contribution is 5.40. The normalized spacial score (nSPS) is 14.9. The second-order valence-electron chi connectivity index (χ2n) is 4.23. The van der Waals surface area contributed by atoms with Gasteiger partial charge in [0.2, 0.25) is 5.88 Å². The fraction of sp³-hybridized carbons (Fsp3) is 0.636. The zero-order valence-corrected chi connectivity index (χ0v) is 9.81. The molecule has 5 nitrogen and oxygen atoms in total. The van der Waals surface area contributed by atoms with Crippen LogP contribution in [0.3, 0.4) is 0 Å². The van der Waals surface area contributed by atoms with E-state index in [1.165, 1.54) is 12.8 Å². The van der Waals surface area contributed by atoms with Crippen LogP contribution >= 0.6 is 0 Å². The van der Waals surface area contributed by atoms with Gasteiger partial charge in [0.1, 0.15) is 18.2 Å². The molecule has 1 saturated carbocycles. The summed E-state index contributed by atoms with van der Waals surface area (Å²) in [4.78, 5) is 10.9. The van der Waals surface area contributed by atoms with Crippen molar-refractivity contribution in [2.75, 3.05) is 32.1 Å². The highest BCUT2D eigenvalue weighted by Crippen LogP contribution is 2.39. The number of hydrogen-bond acceptors (Lipinski definition) is 5. The van der Waals surface area contributed by atoms with Gasteiger partial charge in [-0.1, -0.05) is 0 Å².